The summed E-state index contributed by atoms with van der Waals surface area (Å²) in [4.78, 5) is 11.7. The maximum atomic E-state index is 11.7. The number of carbonyl (C=O) groups excluding carboxylic acids is 1. The predicted octanol–water partition coefficient (Wildman–Crippen LogP) is 3.38. The summed E-state index contributed by atoms with van der Waals surface area (Å²) in [5.41, 5.74) is 1.75. The summed E-state index contributed by atoms with van der Waals surface area (Å²) >= 11 is 0. The second-order valence-corrected chi connectivity index (χ2v) is 5.92. The summed E-state index contributed by atoms with van der Waals surface area (Å²) < 4.78 is 15.1. The zero-order valence-electron chi connectivity index (χ0n) is 14.0. The lowest BCUT2D eigenvalue weighted by atomic mass is 10.1. The Morgan fingerprint density at radius 2 is 1.44 bits per heavy atom. The maximum absolute atomic E-state index is 11.7. The minimum absolute atomic E-state index is 0.0319. The second-order valence-electron chi connectivity index (χ2n) is 5.92. The molecule has 0 bridgehead atoms. The van der Waals surface area contributed by atoms with Crippen LogP contribution in [0.3, 0.4) is 0 Å². The molecule has 2 unspecified atom stereocenters. The fraction of sp³-hybridized carbons (Fsp3) is 0.286. The first-order valence-corrected chi connectivity index (χ1v) is 8.45. The van der Waals surface area contributed by atoms with Crippen molar-refractivity contribution in [2.45, 2.75) is 12.2 Å². The van der Waals surface area contributed by atoms with Crippen LogP contribution in [0.25, 0.3) is 6.08 Å². The highest BCUT2D eigenvalue weighted by Gasteiger charge is 2.26. The molecular formula is C21H22O4. The average molecular weight is 338 g/mol. The topological polar surface area (TPSA) is 51.4 Å². The highest BCUT2D eigenvalue weighted by molar-refractivity contribution is 6.06. The monoisotopic (exact) mass is 338 g/mol. The van der Waals surface area contributed by atoms with Crippen LogP contribution >= 0.6 is 0 Å². The van der Waals surface area contributed by atoms with E-state index >= 15 is 0 Å². The molecular weight excluding hydrogens is 316 g/mol. The van der Waals surface area contributed by atoms with Gasteiger partial charge in [-0.15, -0.1) is 0 Å². The van der Waals surface area contributed by atoms with Gasteiger partial charge in [-0.3, -0.25) is 4.79 Å². The van der Waals surface area contributed by atoms with Gasteiger partial charge in [-0.1, -0.05) is 66.7 Å². The molecule has 2 aromatic carbocycles. The third-order valence-corrected chi connectivity index (χ3v) is 3.70. The molecule has 0 aliphatic carbocycles. The number of hydrogen-bond acceptors (Lipinski definition) is 4. The zero-order chi connectivity index (χ0) is 17.3. The van der Waals surface area contributed by atoms with Gasteiger partial charge in [-0.2, -0.15) is 0 Å². The van der Waals surface area contributed by atoms with Gasteiger partial charge >= 0.3 is 0 Å². The molecule has 4 rings (SSSR count). The van der Waals surface area contributed by atoms with Gasteiger partial charge in [-0.25, -0.2) is 0 Å². The first-order chi connectivity index (χ1) is 12.3. The zero-order valence-corrected chi connectivity index (χ0v) is 14.0. The third-order valence-electron chi connectivity index (χ3n) is 3.70. The third kappa shape index (κ3) is 7.01. The number of epoxide rings is 2. The molecule has 0 amide bonds. The molecule has 2 aliphatic rings. The molecule has 2 aromatic rings. The molecule has 2 aliphatic heterocycles. The van der Waals surface area contributed by atoms with Crippen LogP contribution in [-0.2, 0) is 14.2 Å². The first kappa shape index (κ1) is 17.5. The molecule has 0 aromatic heterocycles. The van der Waals surface area contributed by atoms with E-state index in [1.165, 1.54) is 0 Å². The lowest BCUT2D eigenvalue weighted by molar-refractivity contribution is 0.102. The normalized spacial score (nSPS) is 20.6. The van der Waals surface area contributed by atoms with Crippen LogP contribution in [0.1, 0.15) is 15.9 Å². The summed E-state index contributed by atoms with van der Waals surface area (Å²) in [6, 6.07) is 19.1. The molecule has 25 heavy (non-hydrogen) atoms. The molecule has 2 saturated heterocycles. The Morgan fingerprint density at radius 1 is 0.920 bits per heavy atom. The molecule has 0 N–H and O–H groups in total. The summed E-state index contributed by atoms with van der Waals surface area (Å²) in [5.74, 6) is 0.0319. The van der Waals surface area contributed by atoms with Crippen molar-refractivity contribution in [1.82, 2.24) is 0 Å². The Hall–Kier alpha value is -2.27. The van der Waals surface area contributed by atoms with Crippen molar-refractivity contribution < 1.29 is 19.0 Å². The van der Waals surface area contributed by atoms with Gasteiger partial charge in [0.05, 0.1) is 26.4 Å². The number of allylic oxidation sites excluding steroid dienone is 1. The SMILES string of the molecule is C(OCC1CO1)C1CO1.O=C(/C=C/c1ccccc1)c1ccccc1. The van der Waals surface area contributed by atoms with Gasteiger partial charge < -0.3 is 14.2 Å². The Labute approximate surface area is 148 Å². The van der Waals surface area contributed by atoms with Gasteiger partial charge in [0.2, 0.25) is 0 Å². The largest absolute Gasteiger partial charge is 0.376 e. The molecule has 0 radical (unpaired) electrons. The minimum Gasteiger partial charge on any atom is -0.376 e. The Balaban J connectivity index is 0.000000170. The molecule has 0 saturated carbocycles. The van der Waals surface area contributed by atoms with Crippen molar-refractivity contribution >= 4 is 11.9 Å². The van der Waals surface area contributed by atoms with Crippen molar-refractivity contribution in [3.05, 3.63) is 77.9 Å². The van der Waals surface area contributed by atoms with Crippen LogP contribution in [0, 0.1) is 0 Å². The molecule has 4 nitrogen and oxygen atoms in total. The number of ketones is 1. The van der Waals surface area contributed by atoms with Crippen LogP contribution in [0.15, 0.2) is 66.7 Å². The summed E-state index contributed by atoms with van der Waals surface area (Å²) in [6.45, 7) is 3.26. The van der Waals surface area contributed by atoms with Gasteiger partial charge in [0.15, 0.2) is 5.78 Å². The van der Waals surface area contributed by atoms with E-state index in [0.717, 1.165) is 37.6 Å². The van der Waals surface area contributed by atoms with E-state index < -0.39 is 0 Å². The smallest absolute Gasteiger partial charge is 0.185 e. The number of rotatable bonds is 7. The Morgan fingerprint density at radius 3 is 1.96 bits per heavy atom. The Bertz CT molecular complexity index is 662. The van der Waals surface area contributed by atoms with E-state index in [-0.39, 0.29) is 5.78 Å². The molecule has 2 fully saturated rings. The van der Waals surface area contributed by atoms with E-state index in [2.05, 4.69) is 0 Å². The van der Waals surface area contributed by atoms with Crippen molar-refractivity contribution in [2.75, 3.05) is 26.4 Å². The van der Waals surface area contributed by atoms with Crippen LogP contribution in [-0.4, -0.2) is 44.4 Å². The fourth-order valence-corrected chi connectivity index (χ4v) is 2.09. The van der Waals surface area contributed by atoms with E-state index in [1.54, 1.807) is 6.08 Å². The van der Waals surface area contributed by atoms with E-state index in [4.69, 9.17) is 14.2 Å². The van der Waals surface area contributed by atoms with Crippen LogP contribution in [0.4, 0.5) is 0 Å². The lowest BCUT2D eigenvalue weighted by Crippen LogP contribution is -2.06. The summed E-state index contributed by atoms with van der Waals surface area (Å²) in [5, 5.41) is 0. The molecule has 2 atom stereocenters. The van der Waals surface area contributed by atoms with Crippen LogP contribution in [0.5, 0.6) is 0 Å². The number of hydrogen-bond donors (Lipinski definition) is 0. The lowest BCUT2D eigenvalue weighted by Gasteiger charge is -1.95. The van der Waals surface area contributed by atoms with E-state index in [0.29, 0.717) is 12.2 Å². The standard InChI is InChI=1S/C15H12O.C6H10O3/c16-15(14-9-5-2-6-10-14)12-11-13-7-3-1-4-8-13;1(5-3-8-5)7-2-6-4-9-6/h1-12H;5-6H,1-4H2/b12-11+;. The summed E-state index contributed by atoms with van der Waals surface area (Å²) in [6.07, 6.45) is 4.22. The van der Waals surface area contributed by atoms with Gasteiger partial charge in [-0.05, 0) is 11.6 Å². The molecule has 0 spiro atoms. The van der Waals surface area contributed by atoms with Crippen LogP contribution < -0.4 is 0 Å². The van der Waals surface area contributed by atoms with E-state index in [9.17, 15) is 4.79 Å². The highest BCUT2D eigenvalue weighted by atomic mass is 16.6. The van der Waals surface area contributed by atoms with Crippen molar-refractivity contribution in [1.29, 1.82) is 0 Å². The molecule has 130 valence electrons. The highest BCUT2D eigenvalue weighted by Crippen LogP contribution is 2.12. The predicted molar refractivity (Wildman–Crippen MR) is 96.5 cm³/mol. The molecule has 4 heteroatoms. The van der Waals surface area contributed by atoms with Crippen molar-refractivity contribution in [3.63, 3.8) is 0 Å². The first-order valence-electron chi connectivity index (χ1n) is 8.45. The van der Waals surface area contributed by atoms with Gasteiger partial charge in [0, 0.05) is 5.56 Å². The number of carbonyl (C=O) groups is 1. The number of benzene rings is 2. The average Bonchev–Trinajstić information content (AvgIpc) is 3.58. The number of ether oxygens (including phenoxy) is 3. The molecule has 2 heterocycles. The fourth-order valence-electron chi connectivity index (χ4n) is 2.09. The minimum atomic E-state index is 0.0319. The Kier molecular flexibility index (Phi) is 6.51. The second kappa shape index (κ2) is 9.28. The van der Waals surface area contributed by atoms with Gasteiger partial charge in [0.25, 0.3) is 0 Å². The van der Waals surface area contributed by atoms with Crippen molar-refractivity contribution in [2.24, 2.45) is 0 Å². The van der Waals surface area contributed by atoms with E-state index in [1.807, 2.05) is 66.7 Å². The quantitative estimate of drug-likeness (QED) is 0.441. The van der Waals surface area contributed by atoms with Gasteiger partial charge in [0.1, 0.15) is 12.2 Å². The summed E-state index contributed by atoms with van der Waals surface area (Å²) in [7, 11) is 0. The van der Waals surface area contributed by atoms with Crippen molar-refractivity contribution in [3.8, 4) is 0 Å². The maximum Gasteiger partial charge on any atom is 0.185 e. The van der Waals surface area contributed by atoms with Crippen LogP contribution in [0.2, 0.25) is 0 Å².